The molecule has 4 aromatic rings. The number of methoxy groups -OCH3 is 1. The van der Waals surface area contributed by atoms with Crippen molar-refractivity contribution in [3.8, 4) is 16.9 Å². The number of anilines is 1. The minimum absolute atomic E-state index is 0.113. The lowest BCUT2D eigenvalue weighted by Crippen LogP contribution is -2.30. The van der Waals surface area contributed by atoms with E-state index in [1.54, 1.807) is 79.1 Å². The van der Waals surface area contributed by atoms with Crippen molar-refractivity contribution in [3.05, 3.63) is 108 Å². The lowest BCUT2D eigenvalue weighted by atomic mass is 10.1. The minimum atomic E-state index is -4.19. The van der Waals surface area contributed by atoms with E-state index < -0.39 is 28.5 Å². The third-order valence-corrected chi connectivity index (χ3v) is 7.48. The van der Waals surface area contributed by atoms with Crippen LogP contribution in [0.3, 0.4) is 0 Å². The summed E-state index contributed by atoms with van der Waals surface area (Å²) in [7, 11) is -2.83. The van der Waals surface area contributed by atoms with Crippen molar-refractivity contribution < 1.29 is 27.9 Å². The number of amides is 2. The van der Waals surface area contributed by atoms with E-state index in [1.807, 2.05) is 6.07 Å². The number of benzene rings is 3. The summed E-state index contributed by atoms with van der Waals surface area (Å²) in [5.41, 5.74) is 3.23. The van der Waals surface area contributed by atoms with Crippen LogP contribution in [-0.4, -0.2) is 37.6 Å². The quantitative estimate of drug-likeness (QED) is 0.210. The Morgan fingerprint density at radius 3 is 2.33 bits per heavy atom. The highest BCUT2D eigenvalue weighted by Crippen LogP contribution is 2.32. The molecule has 0 bridgehead atoms. The smallest absolute Gasteiger partial charge is 0.319 e. The number of rotatable bonds is 11. The fourth-order valence-corrected chi connectivity index (χ4v) is 5.43. The second-order valence-corrected chi connectivity index (χ2v) is 10.5. The van der Waals surface area contributed by atoms with Crippen LogP contribution >= 0.6 is 0 Å². The van der Waals surface area contributed by atoms with Gasteiger partial charge in [0.1, 0.15) is 10.6 Å². The topological polar surface area (TPSA) is 147 Å². The Hall–Kier alpha value is -4.74. The number of nitrogens with one attached hydrogen (secondary N) is 3. The first-order valence-electron chi connectivity index (χ1n) is 12.3. The summed E-state index contributed by atoms with van der Waals surface area (Å²) in [6, 6.07) is 22.4. The van der Waals surface area contributed by atoms with Crippen LogP contribution < -0.4 is 20.1 Å². The van der Waals surface area contributed by atoms with Gasteiger partial charge in [-0.3, -0.25) is 9.78 Å². The Kier molecular flexibility index (Phi) is 9.10. The summed E-state index contributed by atoms with van der Waals surface area (Å²) in [6.07, 6.45) is 2.89. The average Bonchev–Trinajstić information content (AvgIpc) is 2.96. The molecule has 4 rings (SSSR count). The normalized spacial score (nSPS) is 11.8. The molecule has 0 saturated heterocycles. The maximum atomic E-state index is 13.5. The molecule has 0 aliphatic carbocycles. The first kappa shape index (κ1) is 28.3. The minimum Gasteiger partial charge on any atom is -0.495 e. The molecule has 1 aromatic heterocycles. The number of carbonyl (C=O) groups is 2. The van der Waals surface area contributed by atoms with Gasteiger partial charge in [0.15, 0.2) is 0 Å². The van der Waals surface area contributed by atoms with E-state index in [0.717, 1.165) is 5.56 Å². The number of carbonyl (C=O) groups excluding carboxylic acids is 1. The number of carboxylic acid groups (broad SMARTS) is 1. The number of hydrogen-bond donors (Lipinski definition) is 4. The van der Waals surface area contributed by atoms with Crippen LogP contribution in [-0.2, 0) is 21.4 Å². The monoisotopic (exact) mass is 560 g/mol. The first-order chi connectivity index (χ1) is 19.2. The maximum absolute atomic E-state index is 13.5. The second kappa shape index (κ2) is 12.9. The Bertz CT molecular complexity index is 1560. The molecular weight excluding hydrogens is 532 g/mol. The zero-order valence-corrected chi connectivity index (χ0v) is 22.4. The molecule has 11 heteroatoms. The highest BCUT2D eigenvalue weighted by atomic mass is 32.2. The van der Waals surface area contributed by atoms with Crippen LogP contribution in [0, 0.1) is 0 Å². The van der Waals surface area contributed by atoms with Crippen molar-refractivity contribution in [2.45, 2.75) is 23.9 Å². The van der Waals surface area contributed by atoms with E-state index >= 15 is 0 Å². The number of sulfonamides is 1. The van der Waals surface area contributed by atoms with Gasteiger partial charge in [0.2, 0.25) is 10.0 Å². The molecule has 0 radical (unpaired) electrons. The van der Waals surface area contributed by atoms with Crippen molar-refractivity contribution >= 4 is 27.7 Å². The maximum Gasteiger partial charge on any atom is 0.319 e. The highest BCUT2D eigenvalue weighted by molar-refractivity contribution is 7.89. The SMILES string of the molecule is COc1ccc(-c2ccc(NC(=O)NCc3cccnc3)cc2)cc1S(=O)(=O)NC(CC(=O)O)c1ccccc1. The van der Waals surface area contributed by atoms with Crippen LogP contribution in [0.4, 0.5) is 10.5 Å². The third-order valence-electron chi connectivity index (χ3n) is 5.98. The first-order valence-corrected chi connectivity index (χ1v) is 13.7. The molecule has 0 fully saturated rings. The zero-order valence-electron chi connectivity index (χ0n) is 21.6. The molecule has 1 heterocycles. The van der Waals surface area contributed by atoms with Gasteiger partial charge >= 0.3 is 12.0 Å². The molecule has 0 saturated carbocycles. The van der Waals surface area contributed by atoms with Gasteiger partial charge in [0, 0.05) is 24.6 Å². The van der Waals surface area contributed by atoms with Crippen molar-refractivity contribution in [2.24, 2.45) is 0 Å². The van der Waals surface area contributed by atoms with E-state index in [9.17, 15) is 23.1 Å². The lowest BCUT2D eigenvalue weighted by molar-refractivity contribution is -0.137. The van der Waals surface area contributed by atoms with Gasteiger partial charge in [-0.15, -0.1) is 0 Å². The molecule has 2 amide bonds. The number of urea groups is 1. The van der Waals surface area contributed by atoms with E-state index in [-0.39, 0.29) is 16.7 Å². The van der Waals surface area contributed by atoms with Gasteiger partial charge in [-0.05, 0) is 52.6 Å². The Labute approximate surface area is 232 Å². The number of aliphatic carboxylic acids is 1. The second-order valence-electron chi connectivity index (χ2n) is 8.79. The van der Waals surface area contributed by atoms with E-state index in [4.69, 9.17) is 4.74 Å². The summed E-state index contributed by atoms with van der Waals surface area (Å²) < 4.78 is 34.7. The van der Waals surface area contributed by atoms with E-state index in [1.165, 1.54) is 19.2 Å². The Balaban J connectivity index is 1.52. The molecule has 0 spiro atoms. The van der Waals surface area contributed by atoms with Crippen LogP contribution in [0.2, 0.25) is 0 Å². The van der Waals surface area contributed by atoms with Crippen molar-refractivity contribution in [1.82, 2.24) is 15.0 Å². The summed E-state index contributed by atoms with van der Waals surface area (Å²) in [5, 5.41) is 14.9. The fourth-order valence-electron chi connectivity index (χ4n) is 4.01. The zero-order chi connectivity index (χ0) is 28.5. The fraction of sp³-hybridized carbons (Fsp3) is 0.138. The van der Waals surface area contributed by atoms with Crippen LogP contribution in [0.5, 0.6) is 5.75 Å². The number of aromatic nitrogens is 1. The van der Waals surface area contributed by atoms with Gasteiger partial charge < -0.3 is 20.5 Å². The molecule has 3 aromatic carbocycles. The summed E-state index contributed by atoms with van der Waals surface area (Å²) >= 11 is 0. The van der Waals surface area contributed by atoms with E-state index in [2.05, 4.69) is 20.3 Å². The number of nitrogens with zero attached hydrogens (tertiary/aromatic N) is 1. The standard InChI is InChI=1S/C29H28N4O6S/c1-39-26-14-11-23(16-27(26)40(37,38)33-25(17-28(34)35)22-7-3-2-4-8-22)21-9-12-24(13-10-21)32-29(36)31-19-20-6-5-15-30-18-20/h2-16,18,25,33H,17,19H2,1H3,(H,34,35)(H2,31,32,36). The van der Waals surface area contributed by atoms with Gasteiger partial charge in [-0.25, -0.2) is 17.9 Å². The van der Waals surface area contributed by atoms with Gasteiger partial charge in [0.05, 0.1) is 19.6 Å². The highest BCUT2D eigenvalue weighted by Gasteiger charge is 2.26. The Morgan fingerprint density at radius 1 is 0.950 bits per heavy atom. The van der Waals surface area contributed by atoms with Crippen LogP contribution in [0.25, 0.3) is 11.1 Å². The average molecular weight is 561 g/mol. The summed E-state index contributed by atoms with van der Waals surface area (Å²) in [4.78, 5) is 27.6. The van der Waals surface area contributed by atoms with Gasteiger partial charge in [-0.2, -0.15) is 0 Å². The predicted octanol–water partition coefficient (Wildman–Crippen LogP) is 4.57. The van der Waals surface area contributed by atoms with Crippen LogP contribution in [0.1, 0.15) is 23.6 Å². The molecule has 1 atom stereocenters. The predicted molar refractivity (Wildman–Crippen MR) is 150 cm³/mol. The third kappa shape index (κ3) is 7.43. The number of pyridine rings is 1. The number of ether oxygens (including phenoxy) is 1. The Morgan fingerprint density at radius 2 is 1.68 bits per heavy atom. The van der Waals surface area contributed by atoms with Crippen molar-refractivity contribution in [3.63, 3.8) is 0 Å². The molecular formula is C29H28N4O6S. The molecule has 4 N–H and O–H groups in total. The van der Waals surface area contributed by atoms with Crippen LogP contribution in [0.15, 0.2) is 102 Å². The molecule has 10 nitrogen and oxygen atoms in total. The van der Waals surface area contributed by atoms with Crippen molar-refractivity contribution in [1.29, 1.82) is 0 Å². The van der Waals surface area contributed by atoms with Crippen molar-refractivity contribution in [2.75, 3.05) is 12.4 Å². The summed E-state index contributed by atoms with van der Waals surface area (Å²) in [6.45, 7) is 0.326. The summed E-state index contributed by atoms with van der Waals surface area (Å²) in [5.74, 6) is -1.03. The number of carboxylic acids is 1. The molecule has 0 aliphatic rings. The van der Waals surface area contributed by atoms with Gasteiger partial charge in [-0.1, -0.05) is 54.6 Å². The molecule has 40 heavy (non-hydrogen) atoms. The molecule has 206 valence electrons. The number of hydrogen-bond acceptors (Lipinski definition) is 6. The lowest BCUT2D eigenvalue weighted by Gasteiger charge is -2.19. The van der Waals surface area contributed by atoms with Gasteiger partial charge in [0.25, 0.3) is 0 Å². The molecule has 1 unspecified atom stereocenters. The largest absolute Gasteiger partial charge is 0.495 e. The molecule has 0 aliphatic heterocycles. The van der Waals surface area contributed by atoms with E-state index in [0.29, 0.717) is 28.9 Å².